The Morgan fingerprint density at radius 1 is 0.844 bits per heavy atom. The highest BCUT2D eigenvalue weighted by Gasteiger charge is 2.26. The molecule has 0 radical (unpaired) electrons. The van der Waals surface area contributed by atoms with Gasteiger partial charge in [0.15, 0.2) is 0 Å². The van der Waals surface area contributed by atoms with E-state index >= 15 is 0 Å². The van der Waals surface area contributed by atoms with Gasteiger partial charge in [0.05, 0.1) is 6.04 Å². The van der Waals surface area contributed by atoms with Crippen molar-refractivity contribution in [3.05, 3.63) is 90.8 Å². The Bertz CT molecular complexity index is 1010. The first-order valence-corrected chi connectivity index (χ1v) is 10.8. The van der Waals surface area contributed by atoms with Gasteiger partial charge in [-0.1, -0.05) is 42.5 Å². The number of hydrogen-bond donors (Lipinski definition) is 2. The Morgan fingerprint density at radius 3 is 2.19 bits per heavy atom. The number of hydrogen-bond acceptors (Lipinski definition) is 5. The molecule has 1 saturated heterocycles. The SMILES string of the molecule is O=C(NC[C@H](c1cccnc1)N1CCN(c2ccccc2)CC1)C(=O)Nc1ccccc1. The number of aromatic nitrogens is 1. The Morgan fingerprint density at radius 2 is 1.53 bits per heavy atom. The monoisotopic (exact) mass is 429 g/mol. The van der Waals surface area contributed by atoms with Crippen molar-refractivity contribution < 1.29 is 9.59 Å². The Hall–Kier alpha value is -3.71. The fourth-order valence-corrected chi connectivity index (χ4v) is 3.94. The predicted octanol–water partition coefficient (Wildman–Crippen LogP) is 2.70. The standard InChI is InChI=1S/C25H27N5O2/c31-24(25(32)28-21-9-3-1-4-10-21)27-19-23(20-8-7-13-26-18-20)30-16-14-29(15-17-30)22-11-5-2-6-12-22/h1-13,18,23H,14-17,19H2,(H,27,31)(H,28,32)/t23-/m1/s1. The quantitative estimate of drug-likeness (QED) is 0.589. The second kappa shape index (κ2) is 10.5. The Kier molecular flexibility index (Phi) is 7.09. The molecule has 2 N–H and O–H groups in total. The third-order valence-corrected chi connectivity index (χ3v) is 5.64. The van der Waals surface area contributed by atoms with E-state index < -0.39 is 11.8 Å². The van der Waals surface area contributed by atoms with Crippen LogP contribution >= 0.6 is 0 Å². The van der Waals surface area contributed by atoms with Crippen LogP contribution in [-0.4, -0.2) is 54.4 Å². The van der Waals surface area contributed by atoms with Gasteiger partial charge in [0, 0.05) is 56.5 Å². The summed E-state index contributed by atoms with van der Waals surface area (Å²) in [5.74, 6) is -1.32. The number of benzene rings is 2. The summed E-state index contributed by atoms with van der Waals surface area (Å²) < 4.78 is 0. The van der Waals surface area contributed by atoms with Crippen LogP contribution in [0.4, 0.5) is 11.4 Å². The van der Waals surface area contributed by atoms with Gasteiger partial charge < -0.3 is 15.5 Å². The first-order valence-electron chi connectivity index (χ1n) is 10.8. The molecule has 7 heteroatoms. The van der Waals surface area contributed by atoms with E-state index in [4.69, 9.17) is 0 Å². The summed E-state index contributed by atoms with van der Waals surface area (Å²) in [5.41, 5.74) is 2.83. The zero-order valence-corrected chi connectivity index (χ0v) is 17.9. The smallest absolute Gasteiger partial charge is 0.313 e. The van der Waals surface area contributed by atoms with E-state index in [0.29, 0.717) is 12.2 Å². The number of pyridine rings is 1. The molecule has 0 spiro atoms. The lowest BCUT2D eigenvalue weighted by Crippen LogP contribution is -2.50. The minimum Gasteiger partial charge on any atom is -0.369 e. The number of carbonyl (C=O) groups excluding carboxylic acids is 2. The summed E-state index contributed by atoms with van der Waals surface area (Å²) >= 11 is 0. The van der Waals surface area contributed by atoms with E-state index in [2.05, 4.69) is 49.7 Å². The zero-order chi connectivity index (χ0) is 22.2. The highest BCUT2D eigenvalue weighted by molar-refractivity contribution is 6.39. The van der Waals surface area contributed by atoms with Crippen LogP contribution in [0.2, 0.25) is 0 Å². The van der Waals surface area contributed by atoms with Crippen molar-refractivity contribution in [3.8, 4) is 0 Å². The highest BCUT2D eigenvalue weighted by atomic mass is 16.2. The third kappa shape index (κ3) is 5.50. The molecular weight excluding hydrogens is 402 g/mol. The van der Waals surface area contributed by atoms with E-state index in [9.17, 15) is 9.59 Å². The maximum atomic E-state index is 12.4. The number of anilines is 2. The minimum atomic E-state index is -0.671. The fourth-order valence-electron chi connectivity index (χ4n) is 3.94. The molecule has 164 valence electrons. The molecule has 0 unspecified atom stereocenters. The molecule has 1 aliphatic rings. The van der Waals surface area contributed by atoms with Crippen molar-refractivity contribution in [2.75, 3.05) is 42.9 Å². The van der Waals surface area contributed by atoms with E-state index in [1.807, 2.05) is 30.5 Å². The molecule has 2 amide bonds. The van der Waals surface area contributed by atoms with Crippen LogP contribution in [0, 0.1) is 0 Å². The van der Waals surface area contributed by atoms with Crippen molar-refractivity contribution in [1.82, 2.24) is 15.2 Å². The fraction of sp³-hybridized carbons (Fsp3) is 0.240. The molecule has 7 nitrogen and oxygen atoms in total. The first-order chi connectivity index (χ1) is 15.7. The summed E-state index contributed by atoms with van der Waals surface area (Å²) in [5, 5.41) is 5.43. The second-order valence-electron chi connectivity index (χ2n) is 7.69. The lowest BCUT2D eigenvalue weighted by atomic mass is 10.1. The lowest BCUT2D eigenvalue weighted by Gasteiger charge is -2.40. The average molecular weight is 430 g/mol. The normalized spacial score (nSPS) is 15.1. The summed E-state index contributed by atoms with van der Waals surface area (Å²) in [6.07, 6.45) is 3.56. The van der Waals surface area contributed by atoms with E-state index in [0.717, 1.165) is 31.7 Å². The van der Waals surface area contributed by atoms with Gasteiger partial charge in [-0.15, -0.1) is 0 Å². The molecule has 1 aromatic heterocycles. The van der Waals surface area contributed by atoms with Crippen LogP contribution in [0.25, 0.3) is 0 Å². The van der Waals surface area contributed by atoms with Gasteiger partial charge in [-0.25, -0.2) is 0 Å². The van der Waals surface area contributed by atoms with Crippen LogP contribution in [0.5, 0.6) is 0 Å². The summed E-state index contributed by atoms with van der Waals surface area (Å²) in [6.45, 7) is 3.81. The van der Waals surface area contributed by atoms with Gasteiger partial charge in [0.2, 0.25) is 0 Å². The maximum Gasteiger partial charge on any atom is 0.313 e. The van der Waals surface area contributed by atoms with Crippen molar-refractivity contribution in [3.63, 3.8) is 0 Å². The summed E-state index contributed by atoms with van der Waals surface area (Å²) in [7, 11) is 0. The van der Waals surface area contributed by atoms with Crippen molar-refractivity contribution >= 4 is 23.2 Å². The average Bonchev–Trinajstić information content (AvgIpc) is 2.86. The van der Waals surface area contributed by atoms with Crippen LogP contribution in [0.3, 0.4) is 0 Å². The van der Waals surface area contributed by atoms with Gasteiger partial charge in [-0.2, -0.15) is 0 Å². The van der Waals surface area contributed by atoms with E-state index in [-0.39, 0.29) is 6.04 Å². The van der Waals surface area contributed by atoms with Crippen LogP contribution < -0.4 is 15.5 Å². The summed E-state index contributed by atoms with van der Waals surface area (Å²) in [4.78, 5) is 33.7. The van der Waals surface area contributed by atoms with Gasteiger partial charge in [0.25, 0.3) is 0 Å². The number of rotatable bonds is 6. The molecular formula is C25H27N5O2. The number of amides is 2. The number of nitrogens with one attached hydrogen (secondary N) is 2. The van der Waals surface area contributed by atoms with Gasteiger partial charge in [-0.3, -0.25) is 19.5 Å². The summed E-state index contributed by atoms with van der Waals surface area (Å²) in [6, 6.07) is 23.2. The van der Waals surface area contributed by atoms with Crippen LogP contribution in [0.15, 0.2) is 85.2 Å². The van der Waals surface area contributed by atoms with Crippen molar-refractivity contribution in [1.29, 1.82) is 0 Å². The van der Waals surface area contributed by atoms with Crippen LogP contribution in [0.1, 0.15) is 11.6 Å². The Balaban J connectivity index is 1.38. The van der Waals surface area contributed by atoms with E-state index in [1.54, 1.807) is 30.5 Å². The molecule has 0 aliphatic carbocycles. The highest BCUT2D eigenvalue weighted by Crippen LogP contribution is 2.23. The molecule has 1 fully saturated rings. The molecule has 0 saturated carbocycles. The molecule has 3 aromatic rings. The molecule has 1 aliphatic heterocycles. The Labute approximate surface area is 188 Å². The molecule has 2 heterocycles. The molecule has 4 rings (SSSR count). The van der Waals surface area contributed by atoms with E-state index in [1.165, 1.54) is 5.69 Å². The lowest BCUT2D eigenvalue weighted by molar-refractivity contribution is -0.136. The van der Waals surface area contributed by atoms with Crippen LogP contribution in [-0.2, 0) is 9.59 Å². The molecule has 1 atom stereocenters. The third-order valence-electron chi connectivity index (χ3n) is 5.64. The first kappa shape index (κ1) is 21.5. The second-order valence-corrected chi connectivity index (χ2v) is 7.69. The number of piperazine rings is 1. The topological polar surface area (TPSA) is 77.6 Å². The molecule has 2 aromatic carbocycles. The zero-order valence-electron chi connectivity index (χ0n) is 17.9. The van der Waals surface area contributed by atoms with Crippen molar-refractivity contribution in [2.45, 2.75) is 6.04 Å². The maximum absolute atomic E-state index is 12.4. The molecule has 0 bridgehead atoms. The number of para-hydroxylation sites is 2. The number of carbonyl (C=O) groups is 2. The largest absolute Gasteiger partial charge is 0.369 e. The van der Waals surface area contributed by atoms with Gasteiger partial charge in [0.1, 0.15) is 0 Å². The van der Waals surface area contributed by atoms with Gasteiger partial charge >= 0.3 is 11.8 Å². The predicted molar refractivity (Wildman–Crippen MR) is 125 cm³/mol. The minimum absolute atomic E-state index is 0.0601. The molecule has 32 heavy (non-hydrogen) atoms. The number of nitrogens with zero attached hydrogens (tertiary/aromatic N) is 3. The van der Waals surface area contributed by atoms with Gasteiger partial charge in [-0.05, 0) is 35.9 Å². The van der Waals surface area contributed by atoms with Crippen molar-refractivity contribution in [2.24, 2.45) is 0 Å².